The van der Waals surface area contributed by atoms with E-state index in [-0.39, 0.29) is 34.6 Å². The van der Waals surface area contributed by atoms with Gasteiger partial charge in [0.15, 0.2) is 13.2 Å². The molecule has 0 aliphatic rings. The highest BCUT2D eigenvalue weighted by Gasteiger charge is 2.33. The zero-order chi connectivity index (χ0) is 25.7. The molecule has 2 aromatic rings. The Morgan fingerprint density at radius 1 is 0.912 bits per heavy atom. The zero-order valence-electron chi connectivity index (χ0n) is 18.3. The van der Waals surface area contributed by atoms with Crippen LogP contribution < -0.4 is 9.47 Å². The normalized spacial score (nSPS) is 13.1. The third-order valence-electron chi connectivity index (χ3n) is 4.68. The van der Waals surface area contributed by atoms with Crippen LogP contribution in [0.2, 0.25) is 0 Å². The third kappa shape index (κ3) is 8.11. The van der Waals surface area contributed by atoms with Crippen molar-refractivity contribution < 1.29 is 50.1 Å². The third-order valence-corrected chi connectivity index (χ3v) is 4.68. The molecule has 0 spiro atoms. The van der Waals surface area contributed by atoms with Crippen molar-refractivity contribution in [3.63, 3.8) is 0 Å². The summed E-state index contributed by atoms with van der Waals surface area (Å²) in [7, 11) is 0. The Bertz CT molecular complexity index is 928. The van der Waals surface area contributed by atoms with Gasteiger partial charge in [0.1, 0.15) is 18.2 Å². The smallest absolute Gasteiger partial charge is 0.422 e. The molecule has 1 N–H and O–H groups in total. The van der Waals surface area contributed by atoms with Gasteiger partial charge in [-0.05, 0) is 41.2 Å². The Kier molecular flexibility index (Phi) is 8.79. The van der Waals surface area contributed by atoms with Crippen LogP contribution in [0.15, 0.2) is 36.4 Å². The highest BCUT2D eigenvalue weighted by molar-refractivity contribution is 5.81. The number of carboxylic acids is 1. The summed E-state index contributed by atoms with van der Waals surface area (Å²) in [6, 6.07) is 7.34. The molecule has 1 atom stereocenters. The van der Waals surface area contributed by atoms with Crippen LogP contribution in [0.5, 0.6) is 11.5 Å². The maximum atomic E-state index is 12.9. The summed E-state index contributed by atoms with van der Waals surface area (Å²) in [5.41, 5.74) is 0.0311. The van der Waals surface area contributed by atoms with E-state index in [9.17, 15) is 40.6 Å². The number of carboxylic acid groups (broad SMARTS) is 1. The minimum atomic E-state index is -4.78. The van der Waals surface area contributed by atoms with E-state index >= 15 is 0 Å². The lowest BCUT2D eigenvalue weighted by Crippen LogP contribution is -2.22. The van der Waals surface area contributed by atoms with E-state index in [1.165, 1.54) is 24.3 Å². The van der Waals surface area contributed by atoms with Crippen molar-refractivity contribution in [2.45, 2.75) is 45.2 Å². The van der Waals surface area contributed by atoms with Gasteiger partial charge in [-0.25, -0.2) is 4.39 Å². The fraction of sp³-hybridized carbons (Fsp3) is 0.435. The Morgan fingerprint density at radius 3 is 1.74 bits per heavy atom. The summed E-state index contributed by atoms with van der Waals surface area (Å²) in [6.45, 7) is -0.930. The van der Waals surface area contributed by atoms with Gasteiger partial charge in [0.05, 0.1) is 11.5 Å². The Hall–Kier alpha value is -2.98. The van der Waals surface area contributed by atoms with Gasteiger partial charge in [0, 0.05) is 0 Å². The number of ether oxygens (including phenoxy) is 2. The van der Waals surface area contributed by atoms with Crippen LogP contribution in [0.3, 0.4) is 0 Å². The summed E-state index contributed by atoms with van der Waals surface area (Å²) in [4.78, 5) is 11.8. The highest BCUT2D eigenvalue weighted by atomic mass is 19.4. The van der Waals surface area contributed by atoms with E-state index in [1.54, 1.807) is 13.8 Å². The van der Waals surface area contributed by atoms with Crippen molar-refractivity contribution in [1.29, 1.82) is 0 Å². The number of alkyl halides is 7. The molecular formula is C23H23F7O4. The van der Waals surface area contributed by atoms with Gasteiger partial charge in [-0.3, -0.25) is 4.79 Å². The van der Waals surface area contributed by atoms with Crippen molar-refractivity contribution in [2.24, 2.45) is 5.92 Å². The molecule has 0 aromatic heterocycles. The van der Waals surface area contributed by atoms with Crippen molar-refractivity contribution in [3.8, 4) is 22.6 Å². The maximum Gasteiger partial charge on any atom is 0.422 e. The average Bonchev–Trinajstić information content (AvgIpc) is 2.73. The zero-order valence-corrected chi connectivity index (χ0v) is 18.3. The van der Waals surface area contributed by atoms with E-state index in [0.29, 0.717) is 0 Å². The van der Waals surface area contributed by atoms with Crippen molar-refractivity contribution in [2.75, 3.05) is 13.2 Å². The SMILES string of the molecule is CC(C)CC(C(=O)O)c1cc(OCC(F)(F)F)c(-c2ccc(CF)cc2)c(OCC(F)(F)F)c1. The van der Waals surface area contributed by atoms with Crippen molar-refractivity contribution >= 4 is 5.97 Å². The predicted octanol–water partition coefficient (Wildman–Crippen LogP) is 6.92. The molecule has 188 valence electrons. The van der Waals surface area contributed by atoms with Gasteiger partial charge in [-0.2, -0.15) is 26.3 Å². The van der Waals surface area contributed by atoms with E-state index in [0.717, 1.165) is 12.1 Å². The number of rotatable bonds is 10. The highest BCUT2D eigenvalue weighted by Crippen LogP contribution is 2.43. The molecule has 0 fully saturated rings. The number of benzene rings is 2. The summed E-state index contributed by atoms with van der Waals surface area (Å²) in [5, 5.41) is 9.64. The second kappa shape index (κ2) is 11.0. The maximum absolute atomic E-state index is 12.9. The largest absolute Gasteiger partial charge is 0.483 e. The fourth-order valence-corrected chi connectivity index (χ4v) is 3.25. The van der Waals surface area contributed by atoms with Gasteiger partial charge in [0.2, 0.25) is 0 Å². The summed E-state index contributed by atoms with van der Waals surface area (Å²) in [5.74, 6) is -3.69. The van der Waals surface area contributed by atoms with Crippen LogP contribution >= 0.6 is 0 Å². The number of hydrogen-bond donors (Lipinski definition) is 1. The molecule has 0 aliphatic carbocycles. The lowest BCUT2D eigenvalue weighted by atomic mass is 9.88. The predicted molar refractivity (Wildman–Crippen MR) is 110 cm³/mol. The molecule has 0 saturated heterocycles. The van der Waals surface area contributed by atoms with Gasteiger partial charge in [-0.1, -0.05) is 38.1 Å². The van der Waals surface area contributed by atoms with E-state index in [2.05, 4.69) is 0 Å². The second-order valence-corrected chi connectivity index (χ2v) is 8.05. The Balaban J connectivity index is 2.73. The van der Waals surface area contributed by atoms with Gasteiger partial charge < -0.3 is 14.6 Å². The number of halogens is 7. The molecule has 0 bridgehead atoms. The first-order valence-electron chi connectivity index (χ1n) is 10.1. The van der Waals surface area contributed by atoms with E-state index in [4.69, 9.17) is 9.47 Å². The van der Waals surface area contributed by atoms with Gasteiger partial charge >= 0.3 is 18.3 Å². The minimum absolute atomic E-state index is 0.0668. The van der Waals surface area contributed by atoms with Crippen LogP contribution in [-0.4, -0.2) is 36.6 Å². The summed E-state index contributed by atoms with van der Waals surface area (Å²) in [6.07, 6.45) is -9.48. The molecule has 0 amide bonds. The van der Waals surface area contributed by atoms with Crippen LogP contribution in [0, 0.1) is 5.92 Å². The minimum Gasteiger partial charge on any atom is -0.483 e. The van der Waals surface area contributed by atoms with Crippen molar-refractivity contribution in [3.05, 3.63) is 47.5 Å². The van der Waals surface area contributed by atoms with Crippen molar-refractivity contribution in [1.82, 2.24) is 0 Å². The fourth-order valence-electron chi connectivity index (χ4n) is 3.25. The molecular weight excluding hydrogens is 473 g/mol. The molecule has 2 aromatic carbocycles. The summed E-state index contributed by atoms with van der Waals surface area (Å²) < 4.78 is 100. The first-order chi connectivity index (χ1) is 15.7. The van der Waals surface area contributed by atoms with Crippen LogP contribution in [-0.2, 0) is 11.5 Å². The quantitative estimate of drug-likeness (QED) is 0.363. The summed E-state index contributed by atoms with van der Waals surface area (Å²) >= 11 is 0. The van der Waals surface area contributed by atoms with Crippen LogP contribution in [0.25, 0.3) is 11.1 Å². The number of aliphatic carboxylic acids is 1. The average molecular weight is 496 g/mol. The Labute approximate surface area is 191 Å². The van der Waals surface area contributed by atoms with Gasteiger partial charge in [-0.15, -0.1) is 0 Å². The molecule has 1 unspecified atom stereocenters. The molecule has 34 heavy (non-hydrogen) atoms. The number of hydrogen-bond acceptors (Lipinski definition) is 3. The molecule has 0 heterocycles. The molecule has 0 aliphatic heterocycles. The van der Waals surface area contributed by atoms with Crippen LogP contribution in [0.4, 0.5) is 30.7 Å². The first kappa shape index (κ1) is 27.3. The molecule has 11 heteroatoms. The standard InChI is InChI=1S/C23H23F7O4/c1-13(2)7-17(21(31)32)16-8-18(33-11-22(25,26)27)20(15-5-3-14(10-24)4-6-15)19(9-16)34-12-23(28,29)30/h3-6,8-9,13,17H,7,10-12H2,1-2H3,(H,31,32). The molecule has 0 saturated carbocycles. The van der Waals surface area contributed by atoms with Crippen LogP contribution in [0.1, 0.15) is 37.3 Å². The Morgan fingerprint density at radius 2 is 1.38 bits per heavy atom. The molecule has 2 rings (SSSR count). The molecule has 0 radical (unpaired) electrons. The number of carbonyl (C=O) groups is 1. The lowest BCUT2D eigenvalue weighted by molar-refractivity contribution is -0.153. The first-order valence-corrected chi connectivity index (χ1v) is 10.1. The monoisotopic (exact) mass is 496 g/mol. The topological polar surface area (TPSA) is 55.8 Å². The van der Waals surface area contributed by atoms with E-state index < -0.39 is 55.6 Å². The lowest BCUT2D eigenvalue weighted by Gasteiger charge is -2.22. The second-order valence-electron chi connectivity index (χ2n) is 8.05. The molecule has 4 nitrogen and oxygen atoms in total. The van der Waals surface area contributed by atoms with E-state index in [1.807, 2.05) is 0 Å². The van der Waals surface area contributed by atoms with Gasteiger partial charge in [0.25, 0.3) is 0 Å².